The van der Waals surface area contributed by atoms with E-state index in [4.69, 9.17) is 8.83 Å². The lowest BCUT2D eigenvalue weighted by molar-refractivity contribution is -0.687. The molecular weight excluding hydrogens is 348 g/mol. The fourth-order valence-electron chi connectivity index (χ4n) is 3.66. The standard InChI is InChI=1S/C24H24N2O2/c1-6-7-11-21-17(3)18-13-12-16(2)22(23(18)28-21)19-9-8-10-20(26(19)5)24-25(4)14-15-27-24/h6-15H,1H2,2-5H3/q+2/b11-7-. The second-order valence-electron chi connectivity index (χ2n) is 6.99. The number of aryl methyl sites for hydroxylation is 3. The van der Waals surface area contributed by atoms with Crippen LogP contribution in [-0.4, -0.2) is 0 Å². The minimum absolute atomic E-state index is 0.805. The Hall–Kier alpha value is -3.40. The molecule has 0 fully saturated rings. The molecule has 0 atom stereocenters. The summed E-state index contributed by atoms with van der Waals surface area (Å²) in [5.41, 5.74) is 6.36. The van der Waals surface area contributed by atoms with E-state index in [2.05, 4.69) is 62.4 Å². The summed E-state index contributed by atoms with van der Waals surface area (Å²) in [6.07, 6.45) is 9.21. The number of hydrogen-bond donors (Lipinski definition) is 0. The van der Waals surface area contributed by atoms with E-state index in [9.17, 15) is 0 Å². The molecule has 4 aromatic rings. The van der Waals surface area contributed by atoms with Gasteiger partial charge in [0.15, 0.2) is 6.26 Å². The first-order chi connectivity index (χ1) is 13.5. The molecule has 1 aromatic carbocycles. The van der Waals surface area contributed by atoms with Crippen LogP contribution in [0.15, 0.2) is 70.4 Å². The second-order valence-corrected chi connectivity index (χ2v) is 6.99. The minimum atomic E-state index is 0.805. The van der Waals surface area contributed by atoms with Crippen molar-refractivity contribution >= 4 is 17.0 Å². The number of hydrogen-bond acceptors (Lipinski definition) is 2. The maximum atomic E-state index is 6.30. The predicted molar refractivity (Wildman–Crippen MR) is 110 cm³/mol. The Labute approximate surface area is 164 Å². The molecule has 3 heterocycles. The third kappa shape index (κ3) is 2.78. The van der Waals surface area contributed by atoms with Gasteiger partial charge in [0, 0.05) is 23.1 Å². The Morgan fingerprint density at radius 2 is 1.82 bits per heavy atom. The van der Waals surface area contributed by atoms with Crippen molar-refractivity contribution in [2.75, 3.05) is 0 Å². The lowest BCUT2D eigenvalue weighted by Gasteiger charge is -2.06. The zero-order valence-corrected chi connectivity index (χ0v) is 16.7. The molecule has 4 nitrogen and oxygen atoms in total. The third-order valence-corrected chi connectivity index (χ3v) is 5.23. The highest BCUT2D eigenvalue weighted by Gasteiger charge is 2.28. The van der Waals surface area contributed by atoms with E-state index in [0.29, 0.717) is 0 Å². The highest BCUT2D eigenvalue weighted by atomic mass is 16.3. The zero-order chi connectivity index (χ0) is 19.8. The Morgan fingerprint density at radius 3 is 2.54 bits per heavy atom. The molecule has 0 saturated heterocycles. The summed E-state index contributed by atoms with van der Waals surface area (Å²) < 4.78 is 16.1. The lowest BCUT2D eigenvalue weighted by atomic mass is 10.00. The van der Waals surface area contributed by atoms with Gasteiger partial charge >= 0.3 is 11.6 Å². The smallest absolute Gasteiger partial charge is 0.446 e. The van der Waals surface area contributed by atoms with E-state index < -0.39 is 0 Å². The van der Waals surface area contributed by atoms with Gasteiger partial charge in [-0.3, -0.25) is 0 Å². The second kappa shape index (κ2) is 6.97. The molecule has 0 aliphatic carbocycles. The van der Waals surface area contributed by atoms with Gasteiger partial charge in [-0.15, -0.1) is 0 Å². The summed E-state index contributed by atoms with van der Waals surface area (Å²) in [6, 6.07) is 10.5. The van der Waals surface area contributed by atoms with Gasteiger partial charge in [-0.1, -0.05) is 30.9 Å². The van der Waals surface area contributed by atoms with Crippen molar-refractivity contribution in [3.63, 3.8) is 0 Å². The Morgan fingerprint density at radius 1 is 1.04 bits per heavy atom. The number of allylic oxidation sites excluding steroid dienone is 2. The summed E-state index contributed by atoms with van der Waals surface area (Å²) in [4.78, 5) is 0. The Bertz CT molecular complexity index is 1230. The van der Waals surface area contributed by atoms with Gasteiger partial charge in [0.1, 0.15) is 25.4 Å². The predicted octanol–water partition coefficient (Wildman–Crippen LogP) is 4.82. The van der Waals surface area contributed by atoms with Crippen LogP contribution in [0.3, 0.4) is 0 Å². The molecule has 28 heavy (non-hydrogen) atoms. The van der Waals surface area contributed by atoms with Crippen molar-refractivity contribution < 1.29 is 18.0 Å². The Kier molecular flexibility index (Phi) is 4.47. The molecule has 0 radical (unpaired) electrons. The lowest BCUT2D eigenvalue weighted by Crippen LogP contribution is -2.38. The van der Waals surface area contributed by atoms with E-state index in [1.807, 2.05) is 30.0 Å². The van der Waals surface area contributed by atoms with E-state index in [1.54, 1.807) is 12.3 Å². The van der Waals surface area contributed by atoms with Crippen molar-refractivity contribution in [1.29, 1.82) is 0 Å². The van der Waals surface area contributed by atoms with Crippen molar-refractivity contribution in [1.82, 2.24) is 0 Å². The van der Waals surface area contributed by atoms with E-state index >= 15 is 0 Å². The molecule has 140 valence electrons. The van der Waals surface area contributed by atoms with Crippen LogP contribution in [0.25, 0.3) is 39.9 Å². The summed E-state index contributed by atoms with van der Waals surface area (Å²) in [5, 5.41) is 1.12. The molecule has 0 spiro atoms. The molecular formula is C24H24N2O2+2. The molecule has 0 saturated carbocycles. The Balaban J connectivity index is 2.00. The molecule has 3 aromatic heterocycles. The highest BCUT2D eigenvalue weighted by Crippen LogP contribution is 2.36. The number of furan rings is 1. The van der Waals surface area contributed by atoms with Gasteiger partial charge in [0.2, 0.25) is 11.9 Å². The fraction of sp³-hybridized carbons (Fsp3) is 0.167. The number of pyridine rings is 1. The molecule has 0 amide bonds. The number of rotatable bonds is 4. The van der Waals surface area contributed by atoms with Crippen LogP contribution in [0.4, 0.5) is 0 Å². The van der Waals surface area contributed by atoms with Crippen LogP contribution < -0.4 is 9.13 Å². The van der Waals surface area contributed by atoms with Crippen molar-refractivity contribution in [2.24, 2.45) is 14.1 Å². The first-order valence-electron chi connectivity index (χ1n) is 9.27. The monoisotopic (exact) mass is 372 g/mol. The van der Waals surface area contributed by atoms with Gasteiger partial charge in [-0.2, -0.15) is 9.13 Å². The third-order valence-electron chi connectivity index (χ3n) is 5.23. The van der Waals surface area contributed by atoms with Crippen molar-refractivity contribution in [3.05, 3.63) is 78.4 Å². The van der Waals surface area contributed by atoms with Crippen molar-refractivity contribution in [2.45, 2.75) is 13.8 Å². The average Bonchev–Trinajstić information content (AvgIpc) is 3.24. The first-order valence-corrected chi connectivity index (χ1v) is 9.27. The maximum Gasteiger partial charge on any atom is 0.446 e. The van der Waals surface area contributed by atoms with Gasteiger partial charge < -0.3 is 8.83 Å². The number of fused-ring (bicyclic) bond motifs is 1. The fourth-order valence-corrected chi connectivity index (χ4v) is 3.66. The molecule has 4 heteroatoms. The number of oxazole rings is 1. The zero-order valence-electron chi connectivity index (χ0n) is 16.7. The van der Waals surface area contributed by atoms with Gasteiger partial charge in [0.25, 0.3) is 0 Å². The number of aromatic nitrogens is 2. The van der Waals surface area contributed by atoms with Crippen LogP contribution in [0.5, 0.6) is 0 Å². The molecule has 0 unspecified atom stereocenters. The highest BCUT2D eigenvalue weighted by molar-refractivity contribution is 5.96. The number of nitrogens with zero attached hydrogens (tertiary/aromatic N) is 2. The van der Waals surface area contributed by atoms with Crippen LogP contribution >= 0.6 is 0 Å². The van der Waals surface area contributed by atoms with Gasteiger partial charge in [-0.25, -0.2) is 0 Å². The van der Waals surface area contributed by atoms with Crippen LogP contribution in [0, 0.1) is 13.8 Å². The molecule has 0 aliphatic rings. The van der Waals surface area contributed by atoms with Crippen LogP contribution in [0.1, 0.15) is 16.9 Å². The van der Waals surface area contributed by atoms with Gasteiger partial charge in [0.05, 0.1) is 5.56 Å². The summed E-state index contributed by atoms with van der Waals surface area (Å²) in [7, 11) is 4.03. The quantitative estimate of drug-likeness (QED) is 0.380. The van der Waals surface area contributed by atoms with Crippen LogP contribution in [-0.2, 0) is 14.1 Å². The topological polar surface area (TPSA) is 34.0 Å². The molecule has 0 N–H and O–H groups in total. The summed E-state index contributed by atoms with van der Waals surface area (Å²) in [5.74, 6) is 1.66. The van der Waals surface area contributed by atoms with E-state index in [0.717, 1.165) is 50.7 Å². The van der Waals surface area contributed by atoms with E-state index in [-0.39, 0.29) is 0 Å². The largest absolute Gasteiger partial charge is 0.456 e. The molecule has 4 rings (SSSR count). The van der Waals surface area contributed by atoms with Crippen molar-refractivity contribution in [3.8, 4) is 22.8 Å². The van der Waals surface area contributed by atoms with E-state index in [1.165, 1.54) is 0 Å². The van der Waals surface area contributed by atoms with Crippen LogP contribution in [0.2, 0.25) is 0 Å². The maximum absolute atomic E-state index is 6.30. The van der Waals surface area contributed by atoms with Gasteiger partial charge in [-0.05, 0) is 31.6 Å². The average molecular weight is 372 g/mol. The SMILES string of the molecule is C=C/C=C\c1oc2c(-c3cccc(-c4occ[n+]4C)[n+]3C)c(C)ccc2c1C. The summed E-state index contributed by atoms with van der Waals surface area (Å²) >= 11 is 0. The molecule has 0 aliphatic heterocycles. The number of benzene rings is 1. The summed E-state index contributed by atoms with van der Waals surface area (Å²) in [6.45, 7) is 7.96. The first kappa shape index (κ1) is 18.0. The molecule has 0 bridgehead atoms. The minimum Gasteiger partial charge on any atom is -0.456 e. The normalized spacial score (nSPS) is 11.6.